The maximum absolute atomic E-state index is 11.3. The Labute approximate surface area is 122 Å². The zero-order valence-electron chi connectivity index (χ0n) is 11.9. The van der Waals surface area contributed by atoms with Crippen molar-refractivity contribution in [1.29, 1.82) is 0 Å². The van der Waals surface area contributed by atoms with Gasteiger partial charge in [-0.3, -0.25) is 4.79 Å². The van der Waals surface area contributed by atoms with Gasteiger partial charge in [-0.2, -0.15) is 0 Å². The summed E-state index contributed by atoms with van der Waals surface area (Å²) < 4.78 is 5.72. The van der Waals surface area contributed by atoms with Gasteiger partial charge in [-0.1, -0.05) is 30.7 Å². The van der Waals surface area contributed by atoms with E-state index in [9.17, 15) is 14.8 Å². The van der Waals surface area contributed by atoms with Gasteiger partial charge in [0.1, 0.15) is 18.1 Å². The van der Waals surface area contributed by atoms with Gasteiger partial charge in [0.15, 0.2) is 0 Å². The number of allylic oxidation sites excluding steroid dienone is 3. The van der Waals surface area contributed by atoms with E-state index in [1.807, 2.05) is 19.9 Å². The smallest absolute Gasteiger partial charge is 0.311 e. The average Bonchev–Trinajstić information content (AvgIpc) is 2.46. The Hall–Kier alpha value is -2.43. The third-order valence-corrected chi connectivity index (χ3v) is 3.64. The van der Waals surface area contributed by atoms with E-state index in [1.54, 1.807) is 30.4 Å². The second-order valence-corrected chi connectivity index (χ2v) is 5.13. The molecule has 0 spiro atoms. The number of hydrogen-bond donors (Lipinski definition) is 1. The molecule has 0 saturated carbocycles. The number of nitroso groups, excluding NO2 is 1. The largest absolute Gasteiger partial charge is 0.493 e. The van der Waals surface area contributed by atoms with Crippen LogP contribution in [-0.2, 0) is 16.1 Å². The fourth-order valence-corrected chi connectivity index (χ4v) is 2.49. The van der Waals surface area contributed by atoms with Gasteiger partial charge in [0.2, 0.25) is 0 Å². The summed E-state index contributed by atoms with van der Waals surface area (Å²) in [6.07, 6.45) is 3.58. The third kappa shape index (κ3) is 3.37. The fourth-order valence-electron chi connectivity index (χ4n) is 2.49. The van der Waals surface area contributed by atoms with Crippen molar-refractivity contribution < 1.29 is 14.6 Å². The van der Waals surface area contributed by atoms with E-state index in [1.165, 1.54) is 0 Å². The van der Waals surface area contributed by atoms with E-state index < -0.39 is 11.9 Å². The lowest BCUT2D eigenvalue weighted by molar-refractivity contribution is -0.142. The lowest BCUT2D eigenvalue weighted by atomic mass is 9.83. The van der Waals surface area contributed by atoms with E-state index >= 15 is 0 Å². The molecule has 1 aliphatic carbocycles. The van der Waals surface area contributed by atoms with Crippen molar-refractivity contribution in [3.63, 3.8) is 0 Å². The molecule has 21 heavy (non-hydrogen) atoms. The summed E-state index contributed by atoms with van der Waals surface area (Å²) in [6, 6.07) is 6.83. The second kappa shape index (κ2) is 6.35. The number of carbonyl (C=O) groups is 1. The van der Waals surface area contributed by atoms with Crippen molar-refractivity contribution in [2.45, 2.75) is 20.5 Å². The summed E-state index contributed by atoms with van der Waals surface area (Å²) in [5.74, 6) is -0.997. The van der Waals surface area contributed by atoms with E-state index in [0.29, 0.717) is 11.4 Å². The van der Waals surface area contributed by atoms with Gasteiger partial charge >= 0.3 is 5.97 Å². The first-order valence-corrected chi connectivity index (χ1v) is 6.69. The highest BCUT2D eigenvalue weighted by Crippen LogP contribution is 2.32. The minimum atomic E-state index is -0.849. The van der Waals surface area contributed by atoms with Crippen LogP contribution in [0.2, 0.25) is 0 Å². The number of carboxylic acids is 1. The van der Waals surface area contributed by atoms with Gasteiger partial charge in [0.25, 0.3) is 0 Å². The van der Waals surface area contributed by atoms with Crippen LogP contribution >= 0.6 is 0 Å². The van der Waals surface area contributed by atoms with Crippen LogP contribution in [0.1, 0.15) is 19.4 Å². The maximum atomic E-state index is 11.3. The van der Waals surface area contributed by atoms with Crippen molar-refractivity contribution in [3.05, 3.63) is 58.2 Å². The molecule has 0 bridgehead atoms. The van der Waals surface area contributed by atoms with E-state index in [-0.39, 0.29) is 12.5 Å². The number of hydrogen-bond acceptors (Lipinski definition) is 4. The second-order valence-electron chi connectivity index (χ2n) is 5.13. The average molecular weight is 287 g/mol. The highest BCUT2D eigenvalue weighted by Gasteiger charge is 2.31. The number of aliphatic carboxylic acids is 1. The lowest BCUT2D eigenvalue weighted by Gasteiger charge is -2.26. The van der Waals surface area contributed by atoms with Gasteiger partial charge in [-0.15, -0.1) is 4.91 Å². The summed E-state index contributed by atoms with van der Waals surface area (Å²) in [5, 5.41) is 12.2. The molecule has 1 aromatic rings. The number of carboxylic acid groups (broad SMARTS) is 1. The molecule has 5 nitrogen and oxygen atoms in total. The van der Waals surface area contributed by atoms with Crippen molar-refractivity contribution in [2.24, 2.45) is 17.0 Å². The molecule has 0 aromatic heterocycles. The van der Waals surface area contributed by atoms with Crippen molar-refractivity contribution >= 4 is 11.7 Å². The number of rotatable bonds is 5. The molecule has 110 valence electrons. The van der Waals surface area contributed by atoms with Gasteiger partial charge in [0.05, 0.1) is 5.92 Å². The summed E-state index contributed by atoms with van der Waals surface area (Å²) in [6.45, 7) is 3.92. The summed E-state index contributed by atoms with van der Waals surface area (Å²) >= 11 is 0. The minimum absolute atomic E-state index is 0.222. The predicted molar refractivity (Wildman–Crippen MR) is 78.8 cm³/mol. The summed E-state index contributed by atoms with van der Waals surface area (Å²) in [4.78, 5) is 21.8. The quantitative estimate of drug-likeness (QED) is 0.836. The fraction of sp³-hybridized carbons (Fsp3) is 0.312. The molecule has 5 heteroatoms. The Balaban J connectivity index is 2.09. The van der Waals surface area contributed by atoms with Gasteiger partial charge in [0, 0.05) is 5.92 Å². The zero-order valence-corrected chi connectivity index (χ0v) is 11.9. The highest BCUT2D eigenvalue weighted by molar-refractivity contribution is 5.75. The Morgan fingerprint density at radius 1 is 1.38 bits per heavy atom. The molecule has 0 amide bonds. The molecule has 1 aliphatic rings. The standard InChI is InChI=1S/C16H17NO4/c1-10-6-7-14(11(2)15(10)16(18)19)21-9-12-4-3-5-13(8-12)17-20/h3-8,11,15H,9H2,1-2H3,(H,18,19). The molecule has 0 aliphatic heterocycles. The SMILES string of the molecule is CC1=CC=C(OCc2cccc(N=O)c2)C(C)C1C(=O)O. The Morgan fingerprint density at radius 2 is 2.14 bits per heavy atom. The molecular formula is C16H17NO4. The van der Waals surface area contributed by atoms with E-state index in [0.717, 1.165) is 11.1 Å². The zero-order chi connectivity index (χ0) is 15.4. The molecule has 0 radical (unpaired) electrons. The third-order valence-electron chi connectivity index (χ3n) is 3.64. The van der Waals surface area contributed by atoms with Crippen LogP contribution in [0.3, 0.4) is 0 Å². The Morgan fingerprint density at radius 3 is 2.81 bits per heavy atom. The molecule has 2 unspecified atom stereocenters. The van der Waals surface area contributed by atoms with Crippen LogP contribution in [0, 0.1) is 16.7 Å². The molecule has 2 atom stereocenters. The molecule has 1 N–H and O–H groups in total. The first kappa shape index (κ1) is 15.0. The molecule has 0 heterocycles. The Bertz CT molecular complexity index is 618. The number of ether oxygens (including phenoxy) is 1. The molecule has 0 saturated heterocycles. The first-order valence-electron chi connectivity index (χ1n) is 6.69. The van der Waals surface area contributed by atoms with E-state index in [2.05, 4.69) is 5.18 Å². The van der Waals surface area contributed by atoms with Crippen LogP contribution in [0.4, 0.5) is 5.69 Å². The van der Waals surface area contributed by atoms with Crippen molar-refractivity contribution in [3.8, 4) is 0 Å². The molecular weight excluding hydrogens is 270 g/mol. The minimum Gasteiger partial charge on any atom is -0.493 e. The molecule has 2 rings (SSSR count). The summed E-state index contributed by atoms with van der Waals surface area (Å²) in [5.41, 5.74) is 1.98. The molecule has 0 fully saturated rings. The summed E-state index contributed by atoms with van der Waals surface area (Å²) in [7, 11) is 0. The van der Waals surface area contributed by atoms with Crippen molar-refractivity contribution in [1.82, 2.24) is 0 Å². The molecule has 1 aromatic carbocycles. The monoisotopic (exact) mass is 287 g/mol. The van der Waals surface area contributed by atoms with Gasteiger partial charge < -0.3 is 9.84 Å². The van der Waals surface area contributed by atoms with Gasteiger partial charge in [-0.05, 0) is 35.9 Å². The Kier molecular flexibility index (Phi) is 4.52. The van der Waals surface area contributed by atoms with Crippen LogP contribution in [-0.4, -0.2) is 11.1 Å². The number of benzene rings is 1. The van der Waals surface area contributed by atoms with Crippen LogP contribution in [0.15, 0.2) is 52.9 Å². The maximum Gasteiger partial charge on any atom is 0.311 e. The van der Waals surface area contributed by atoms with E-state index in [4.69, 9.17) is 4.74 Å². The van der Waals surface area contributed by atoms with Crippen LogP contribution < -0.4 is 0 Å². The topological polar surface area (TPSA) is 76.0 Å². The first-order chi connectivity index (χ1) is 10.0. The van der Waals surface area contributed by atoms with Crippen molar-refractivity contribution in [2.75, 3.05) is 0 Å². The lowest BCUT2D eigenvalue weighted by Crippen LogP contribution is -2.27. The normalized spacial score (nSPS) is 21.2. The van der Waals surface area contributed by atoms with Crippen LogP contribution in [0.25, 0.3) is 0 Å². The number of nitrogens with zero attached hydrogens (tertiary/aromatic N) is 1. The van der Waals surface area contributed by atoms with Crippen LogP contribution in [0.5, 0.6) is 0 Å². The predicted octanol–water partition coefficient (Wildman–Crippen LogP) is 3.78. The van der Waals surface area contributed by atoms with Gasteiger partial charge in [-0.25, -0.2) is 0 Å². The highest BCUT2D eigenvalue weighted by atomic mass is 16.5.